The molecule has 0 aromatic heterocycles. The SMILES string of the molecule is CN(C)N=C(CC(O)(C(F)(F)F)C(F)(F)Cl)CC(O)(C(F)(F)F)C(F)(F)Cl. The van der Waals surface area contributed by atoms with E-state index >= 15 is 0 Å². The summed E-state index contributed by atoms with van der Waals surface area (Å²) in [6.07, 6.45) is -17.4. The van der Waals surface area contributed by atoms with Crippen molar-refractivity contribution >= 4 is 28.9 Å². The fourth-order valence-electron chi connectivity index (χ4n) is 1.73. The van der Waals surface area contributed by atoms with Crippen LogP contribution in [0.1, 0.15) is 12.8 Å². The molecule has 0 saturated carbocycles. The van der Waals surface area contributed by atoms with Crippen LogP contribution in [0.3, 0.4) is 0 Å². The molecule has 0 amide bonds. The Hall–Kier alpha value is -0.730. The number of hydrogen-bond donors (Lipinski definition) is 2. The third-order valence-electron chi connectivity index (χ3n) is 3.14. The molecule has 0 aromatic carbocycles. The summed E-state index contributed by atoms with van der Waals surface area (Å²) in [5, 5.41) is 11.0. The highest BCUT2D eigenvalue weighted by Crippen LogP contribution is 2.50. The van der Waals surface area contributed by atoms with Crippen LogP contribution in [0.15, 0.2) is 5.10 Å². The number of aliphatic hydroxyl groups is 2. The van der Waals surface area contributed by atoms with E-state index in [2.05, 4.69) is 28.3 Å². The van der Waals surface area contributed by atoms with Crippen LogP contribution in [0.4, 0.5) is 43.9 Å². The van der Waals surface area contributed by atoms with E-state index in [4.69, 9.17) is 0 Å². The zero-order chi connectivity index (χ0) is 22.3. The van der Waals surface area contributed by atoms with Crippen molar-refractivity contribution in [3.05, 3.63) is 0 Å². The smallest absolute Gasteiger partial charge is 0.375 e. The Balaban J connectivity index is 6.34. The van der Waals surface area contributed by atoms with E-state index in [1.807, 2.05) is 0 Å². The molecule has 0 aromatic rings. The number of hydrogen-bond acceptors (Lipinski definition) is 4. The zero-order valence-corrected chi connectivity index (χ0v) is 14.8. The standard InChI is InChI=1S/C11H12Cl2F10N2O2/c1-25(2)24-5(3-6(26,8(12,14)15)10(18,19)20)4-7(27,9(13,16)17)11(21,22)23/h26-27H,3-4H2,1-2H3. The van der Waals surface area contributed by atoms with Crippen LogP contribution >= 0.6 is 23.2 Å². The number of nitrogens with zero attached hydrogens (tertiary/aromatic N) is 2. The maximum atomic E-state index is 13.1. The van der Waals surface area contributed by atoms with Crippen molar-refractivity contribution in [3.8, 4) is 0 Å². The number of alkyl halides is 12. The van der Waals surface area contributed by atoms with Gasteiger partial charge >= 0.3 is 23.1 Å². The second-order valence-corrected chi connectivity index (χ2v) is 6.53. The van der Waals surface area contributed by atoms with Crippen molar-refractivity contribution in [2.45, 2.75) is 47.2 Å². The number of hydrazone groups is 1. The molecule has 2 unspecified atom stereocenters. The molecule has 162 valence electrons. The molecule has 0 fully saturated rings. The fourth-order valence-corrected chi connectivity index (χ4v) is 2.08. The first-order chi connectivity index (χ1) is 11.5. The van der Waals surface area contributed by atoms with Gasteiger partial charge in [0.2, 0.25) is 11.2 Å². The van der Waals surface area contributed by atoms with Crippen molar-refractivity contribution in [1.29, 1.82) is 0 Å². The Kier molecular flexibility index (Phi) is 7.39. The molecule has 0 rings (SSSR count). The van der Waals surface area contributed by atoms with E-state index in [0.29, 0.717) is 5.01 Å². The van der Waals surface area contributed by atoms with Crippen LogP contribution in [0.5, 0.6) is 0 Å². The van der Waals surface area contributed by atoms with Crippen LogP contribution in [-0.2, 0) is 0 Å². The molecule has 0 aliphatic heterocycles. The van der Waals surface area contributed by atoms with Gasteiger partial charge in [-0.25, -0.2) is 0 Å². The fraction of sp³-hybridized carbons (Fsp3) is 0.909. The predicted molar refractivity (Wildman–Crippen MR) is 74.0 cm³/mol. The lowest BCUT2D eigenvalue weighted by Gasteiger charge is -2.37. The Bertz CT molecular complexity index is 481. The van der Waals surface area contributed by atoms with Gasteiger partial charge in [0, 0.05) is 32.6 Å². The molecule has 0 saturated heterocycles. The van der Waals surface area contributed by atoms with Gasteiger partial charge in [-0.15, -0.1) is 0 Å². The average molecular weight is 465 g/mol. The Morgan fingerprint density at radius 3 is 1.15 bits per heavy atom. The van der Waals surface area contributed by atoms with Gasteiger partial charge in [-0.3, -0.25) is 0 Å². The van der Waals surface area contributed by atoms with E-state index < -0.39 is 52.9 Å². The quantitative estimate of drug-likeness (QED) is 0.260. The van der Waals surface area contributed by atoms with Crippen molar-refractivity contribution in [2.24, 2.45) is 5.10 Å². The Morgan fingerprint density at radius 1 is 0.741 bits per heavy atom. The van der Waals surface area contributed by atoms with Crippen LogP contribution < -0.4 is 0 Å². The summed E-state index contributed by atoms with van der Waals surface area (Å²) in [7, 11) is 1.77. The van der Waals surface area contributed by atoms with Crippen LogP contribution in [0, 0.1) is 0 Å². The van der Waals surface area contributed by atoms with Gasteiger partial charge in [-0.05, 0) is 23.2 Å². The molecule has 2 atom stereocenters. The summed E-state index contributed by atoms with van der Waals surface area (Å²) in [4.78, 5) is 0. The van der Waals surface area contributed by atoms with Crippen molar-refractivity contribution in [2.75, 3.05) is 14.1 Å². The third-order valence-corrected chi connectivity index (χ3v) is 3.76. The number of rotatable bonds is 7. The highest BCUT2D eigenvalue weighted by atomic mass is 35.5. The zero-order valence-electron chi connectivity index (χ0n) is 13.2. The second kappa shape index (κ2) is 7.59. The highest BCUT2D eigenvalue weighted by Gasteiger charge is 2.72. The van der Waals surface area contributed by atoms with Gasteiger partial charge in [-0.1, -0.05) is 0 Å². The molecular weight excluding hydrogens is 453 g/mol. The molecule has 0 radical (unpaired) electrons. The molecule has 0 aliphatic rings. The molecule has 0 heterocycles. The number of halogens is 12. The van der Waals surface area contributed by atoms with Gasteiger partial charge in [-0.2, -0.15) is 49.0 Å². The maximum Gasteiger partial charge on any atom is 0.424 e. The van der Waals surface area contributed by atoms with Gasteiger partial charge in [0.25, 0.3) is 0 Å². The minimum absolute atomic E-state index is 0.460. The Labute approximate surface area is 155 Å². The molecule has 0 spiro atoms. The summed E-state index contributed by atoms with van der Waals surface area (Å²) in [6.45, 7) is 0. The summed E-state index contributed by atoms with van der Waals surface area (Å²) in [6, 6.07) is 0. The van der Waals surface area contributed by atoms with Crippen molar-refractivity contribution in [1.82, 2.24) is 5.01 Å². The van der Waals surface area contributed by atoms with Gasteiger partial charge in [0.15, 0.2) is 0 Å². The first kappa shape index (κ1) is 26.3. The second-order valence-electron chi connectivity index (χ2n) is 5.58. The minimum Gasteiger partial charge on any atom is -0.375 e. The lowest BCUT2D eigenvalue weighted by atomic mass is 9.88. The van der Waals surface area contributed by atoms with E-state index in [0.717, 1.165) is 14.1 Å². The van der Waals surface area contributed by atoms with Gasteiger partial charge < -0.3 is 15.2 Å². The lowest BCUT2D eigenvalue weighted by molar-refractivity contribution is -0.311. The van der Waals surface area contributed by atoms with Crippen molar-refractivity contribution < 1.29 is 54.1 Å². The van der Waals surface area contributed by atoms with E-state index in [1.54, 1.807) is 0 Å². The van der Waals surface area contributed by atoms with Gasteiger partial charge in [0.05, 0.1) is 0 Å². The summed E-state index contributed by atoms with van der Waals surface area (Å²) >= 11 is 8.45. The van der Waals surface area contributed by atoms with E-state index in [1.165, 1.54) is 0 Å². The van der Waals surface area contributed by atoms with E-state index in [9.17, 15) is 54.1 Å². The Morgan fingerprint density at radius 2 is 1.00 bits per heavy atom. The normalized spacial score (nSPS) is 18.5. The largest absolute Gasteiger partial charge is 0.424 e. The summed E-state index contributed by atoms with van der Waals surface area (Å²) in [5.74, 6) is 0. The molecule has 27 heavy (non-hydrogen) atoms. The summed E-state index contributed by atoms with van der Waals surface area (Å²) < 4.78 is 130. The molecule has 0 aliphatic carbocycles. The highest BCUT2D eigenvalue weighted by molar-refractivity contribution is 6.23. The predicted octanol–water partition coefficient (Wildman–Crippen LogP) is 3.93. The average Bonchev–Trinajstić information content (AvgIpc) is 2.31. The summed E-state index contributed by atoms with van der Waals surface area (Å²) in [5.41, 5.74) is -12.1. The molecule has 2 N–H and O–H groups in total. The van der Waals surface area contributed by atoms with Crippen LogP contribution in [-0.4, -0.2) is 69.3 Å². The monoisotopic (exact) mass is 464 g/mol. The van der Waals surface area contributed by atoms with E-state index in [-0.39, 0.29) is 0 Å². The molecule has 16 heteroatoms. The molecular formula is C11H12Cl2F10N2O2. The first-order valence-electron chi connectivity index (χ1n) is 6.45. The third kappa shape index (κ3) is 5.64. The maximum absolute atomic E-state index is 13.1. The lowest BCUT2D eigenvalue weighted by Crippen LogP contribution is -2.60. The van der Waals surface area contributed by atoms with Gasteiger partial charge in [0.1, 0.15) is 0 Å². The molecule has 4 nitrogen and oxygen atoms in total. The topological polar surface area (TPSA) is 56.1 Å². The van der Waals surface area contributed by atoms with Crippen LogP contribution in [0.25, 0.3) is 0 Å². The minimum atomic E-state index is -6.22. The molecule has 0 bridgehead atoms. The van der Waals surface area contributed by atoms with Crippen molar-refractivity contribution in [3.63, 3.8) is 0 Å². The van der Waals surface area contributed by atoms with Crippen LogP contribution in [0.2, 0.25) is 0 Å². The first-order valence-corrected chi connectivity index (χ1v) is 7.20.